The maximum absolute atomic E-state index is 11.3. The van der Waals surface area contributed by atoms with Crippen LogP contribution in [0.4, 0.5) is 19.0 Å². The van der Waals surface area contributed by atoms with Gasteiger partial charge in [0, 0.05) is 19.2 Å². The maximum Gasteiger partial charge on any atom is 0.490 e. The Kier molecular flexibility index (Phi) is 4.53. The number of pyridine rings is 1. The van der Waals surface area contributed by atoms with Gasteiger partial charge < -0.3 is 15.3 Å². The van der Waals surface area contributed by atoms with Gasteiger partial charge in [0.2, 0.25) is 5.91 Å². The zero-order valence-corrected chi connectivity index (χ0v) is 11.4. The number of anilines is 1. The molecule has 3 rings (SSSR count). The number of carbonyl (C=O) groups excluding carboxylic acids is 1. The zero-order chi connectivity index (χ0) is 16.3. The van der Waals surface area contributed by atoms with Crippen LogP contribution in [0.2, 0.25) is 0 Å². The number of nitrogens with one attached hydrogen (secondary N) is 1. The van der Waals surface area contributed by atoms with Gasteiger partial charge in [0.1, 0.15) is 5.82 Å². The standard InChI is InChI=1S/C11H13N3O.C2HF3O2/c15-11-7-9-8(13-11)4-6-14(9)10-3-1-2-5-12-10;3-2(4,5)1(6)7/h1-3,5,8-9H,4,6-7H2,(H,13,15);(H,6,7)/t8-,9+;/m1./s1. The Morgan fingerprint density at radius 3 is 2.64 bits per heavy atom. The Labute approximate surface area is 123 Å². The molecule has 1 amide bonds. The largest absolute Gasteiger partial charge is 0.490 e. The second kappa shape index (κ2) is 6.20. The first-order chi connectivity index (χ1) is 10.3. The molecular weight excluding hydrogens is 303 g/mol. The van der Waals surface area contributed by atoms with E-state index in [1.54, 1.807) is 6.20 Å². The highest BCUT2D eigenvalue weighted by atomic mass is 19.4. The van der Waals surface area contributed by atoms with Gasteiger partial charge in [-0.05, 0) is 18.6 Å². The van der Waals surface area contributed by atoms with Crippen LogP contribution in [-0.2, 0) is 9.59 Å². The molecule has 1 aromatic heterocycles. The lowest BCUT2D eigenvalue weighted by Gasteiger charge is -2.23. The first-order valence-corrected chi connectivity index (χ1v) is 6.56. The van der Waals surface area contributed by atoms with Gasteiger partial charge in [0.15, 0.2) is 0 Å². The van der Waals surface area contributed by atoms with Gasteiger partial charge in [-0.25, -0.2) is 9.78 Å². The summed E-state index contributed by atoms with van der Waals surface area (Å²) >= 11 is 0. The Balaban J connectivity index is 0.000000217. The average Bonchev–Trinajstić information content (AvgIpc) is 2.98. The Bertz CT molecular complexity index is 550. The number of fused-ring (bicyclic) bond motifs is 1. The molecule has 2 N–H and O–H groups in total. The molecule has 1 aromatic rings. The minimum Gasteiger partial charge on any atom is -0.475 e. The van der Waals surface area contributed by atoms with Crippen molar-refractivity contribution in [3.8, 4) is 0 Å². The van der Waals surface area contributed by atoms with E-state index in [2.05, 4.69) is 15.2 Å². The Morgan fingerprint density at radius 2 is 2.09 bits per heavy atom. The highest BCUT2D eigenvalue weighted by Crippen LogP contribution is 2.29. The van der Waals surface area contributed by atoms with Gasteiger partial charge in [-0.15, -0.1) is 0 Å². The fraction of sp³-hybridized carbons (Fsp3) is 0.462. The molecule has 0 aromatic carbocycles. The fourth-order valence-electron chi connectivity index (χ4n) is 2.54. The molecule has 2 atom stereocenters. The van der Waals surface area contributed by atoms with Crippen molar-refractivity contribution in [3.05, 3.63) is 24.4 Å². The van der Waals surface area contributed by atoms with Crippen molar-refractivity contribution in [2.45, 2.75) is 31.1 Å². The lowest BCUT2D eigenvalue weighted by molar-refractivity contribution is -0.192. The smallest absolute Gasteiger partial charge is 0.475 e. The van der Waals surface area contributed by atoms with Gasteiger partial charge in [0.05, 0.1) is 12.1 Å². The normalized spacial score (nSPS) is 23.4. The SMILES string of the molecule is O=C(O)C(F)(F)F.O=C1C[C@H]2[C@@H](CCN2c2ccccn2)N1. The number of carboxylic acids is 1. The Morgan fingerprint density at radius 1 is 1.41 bits per heavy atom. The lowest BCUT2D eigenvalue weighted by Crippen LogP contribution is -2.34. The summed E-state index contributed by atoms with van der Waals surface area (Å²) in [5.41, 5.74) is 0. The third-order valence-corrected chi connectivity index (χ3v) is 3.47. The number of aromatic nitrogens is 1. The van der Waals surface area contributed by atoms with E-state index < -0.39 is 12.1 Å². The lowest BCUT2D eigenvalue weighted by atomic mass is 10.1. The molecule has 0 saturated carbocycles. The van der Waals surface area contributed by atoms with Crippen molar-refractivity contribution in [3.63, 3.8) is 0 Å². The molecule has 2 aliphatic heterocycles. The highest BCUT2D eigenvalue weighted by molar-refractivity contribution is 5.81. The fourth-order valence-corrected chi connectivity index (χ4v) is 2.54. The number of hydrogen-bond donors (Lipinski definition) is 2. The van der Waals surface area contributed by atoms with Gasteiger partial charge in [0.25, 0.3) is 0 Å². The number of aliphatic carboxylic acids is 1. The summed E-state index contributed by atoms with van der Waals surface area (Å²) in [5, 5.41) is 10.1. The molecule has 0 unspecified atom stereocenters. The van der Waals surface area contributed by atoms with Crippen LogP contribution in [0.5, 0.6) is 0 Å². The van der Waals surface area contributed by atoms with Crippen molar-refractivity contribution in [2.24, 2.45) is 0 Å². The molecule has 2 aliphatic rings. The first-order valence-electron chi connectivity index (χ1n) is 6.56. The zero-order valence-electron chi connectivity index (χ0n) is 11.4. The van der Waals surface area contributed by atoms with Crippen LogP contribution in [0.3, 0.4) is 0 Å². The van der Waals surface area contributed by atoms with Crippen LogP contribution in [0.15, 0.2) is 24.4 Å². The van der Waals surface area contributed by atoms with E-state index >= 15 is 0 Å². The van der Waals surface area contributed by atoms with E-state index in [1.165, 1.54) is 0 Å². The molecule has 0 aliphatic carbocycles. The minimum absolute atomic E-state index is 0.172. The van der Waals surface area contributed by atoms with Crippen LogP contribution >= 0.6 is 0 Å². The van der Waals surface area contributed by atoms with Crippen LogP contribution < -0.4 is 10.2 Å². The molecule has 120 valence electrons. The molecule has 0 bridgehead atoms. The number of rotatable bonds is 1. The van der Waals surface area contributed by atoms with E-state index in [0.29, 0.717) is 18.5 Å². The van der Waals surface area contributed by atoms with Crippen molar-refractivity contribution >= 4 is 17.7 Å². The summed E-state index contributed by atoms with van der Waals surface area (Å²) in [6, 6.07) is 6.55. The molecule has 2 fully saturated rings. The molecule has 0 spiro atoms. The second-order valence-corrected chi connectivity index (χ2v) is 4.92. The molecule has 9 heteroatoms. The number of carbonyl (C=O) groups is 2. The minimum atomic E-state index is -5.08. The molecule has 3 heterocycles. The van der Waals surface area contributed by atoms with Gasteiger partial charge in [-0.2, -0.15) is 13.2 Å². The summed E-state index contributed by atoms with van der Waals surface area (Å²) in [6.45, 7) is 0.993. The topological polar surface area (TPSA) is 82.5 Å². The predicted molar refractivity (Wildman–Crippen MR) is 70.2 cm³/mol. The van der Waals surface area contributed by atoms with Crippen molar-refractivity contribution in [1.82, 2.24) is 10.3 Å². The number of hydrogen-bond acceptors (Lipinski definition) is 4. The second-order valence-electron chi connectivity index (χ2n) is 4.92. The molecule has 22 heavy (non-hydrogen) atoms. The number of alkyl halides is 3. The molecule has 6 nitrogen and oxygen atoms in total. The summed E-state index contributed by atoms with van der Waals surface area (Å²) in [5.74, 6) is -1.60. The van der Waals surface area contributed by atoms with Gasteiger partial charge in [-0.3, -0.25) is 4.79 Å². The average molecular weight is 317 g/mol. The van der Waals surface area contributed by atoms with E-state index in [4.69, 9.17) is 9.90 Å². The summed E-state index contributed by atoms with van der Waals surface area (Å²) in [6.07, 6.45) is -1.64. The summed E-state index contributed by atoms with van der Waals surface area (Å²) < 4.78 is 31.7. The third kappa shape index (κ3) is 3.66. The van der Waals surface area contributed by atoms with E-state index in [1.807, 2.05) is 18.2 Å². The quantitative estimate of drug-likeness (QED) is 0.813. The van der Waals surface area contributed by atoms with E-state index in [0.717, 1.165) is 18.8 Å². The van der Waals surface area contributed by atoms with Crippen LogP contribution in [0.25, 0.3) is 0 Å². The van der Waals surface area contributed by atoms with Crippen molar-refractivity contribution in [1.29, 1.82) is 0 Å². The van der Waals surface area contributed by atoms with Gasteiger partial charge in [-0.1, -0.05) is 6.07 Å². The van der Waals surface area contributed by atoms with Crippen LogP contribution in [-0.4, -0.2) is 46.8 Å². The van der Waals surface area contributed by atoms with E-state index in [9.17, 15) is 18.0 Å². The summed E-state index contributed by atoms with van der Waals surface area (Å²) in [4.78, 5) is 26.7. The number of nitrogens with zero attached hydrogens (tertiary/aromatic N) is 2. The predicted octanol–water partition coefficient (Wildman–Crippen LogP) is 1.18. The summed E-state index contributed by atoms with van der Waals surface area (Å²) in [7, 11) is 0. The van der Waals surface area contributed by atoms with Crippen molar-refractivity contribution in [2.75, 3.05) is 11.4 Å². The Hall–Kier alpha value is -2.32. The molecule has 2 saturated heterocycles. The van der Waals surface area contributed by atoms with Gasteiger partial charge >= 0.3 is 12.1 Å². The maximum atomic E-state index is 11.3. The van der Waals surface area contributed by atoms with Crippen LogP contribution in [0, 0.1) is 0 Å². The monoisotopic (exact) mass is 317 g/mol. The van der Waals surface area contributed by atoms with Crippen LogP contribution in [0.1, 0.15) is 12.8 Å². The van der Waals surface area contributed by atoms with E-state index in [-0.39, 0.29) is 5.91 Å². The number of amides is 1. The molecular formula is C13H14F3N3O3. The highest BCUT2D eigenvalue weighted by Gasteiger charge is 2.41. The first kappa shape index (κ1) is 16.1. The van der Waals surface area contributed by atoms with Crippen molar-refractivity contribution < 1.29 is 27.9 Å². The number of carboxylic acid groups (broad SMARTS) is 1. The molecule has 0 radical (unpaired) electrons. The third-order valence-electron chi connectivity index (χ3n) is 3.47. The number of halogens is 3.